The summed E-state index contributed by atoms with van der Waals surface area (Å²) in [6.07, 6.45) is 3.53. The fourth-order valence-corrected chi connectivity index (χ4v) is 2.47. The SMILES string of the molecule is O.O.[Mn+2].[O-][Cl+3]([O-])([O-])[O-].[O-][Cl+3]([O-])([O-])[O-].c1ccc(-c2cccc(-c3cccc(-c4ccccn4)n3)n2)nc1. The Morgan fingerprint density at radius 3 is 0.892 bits per heavy atom. The van der Waals surface area contributed by atoms with Gasteiger partial charge in [0.05, 0.1) is 34.2 Å². The summed E-state index contributed by atoms with van der Waals surface area (Å²) >= 11 is 0. The van der Waals surface area contributed by atoms with Crippen LogP contribution in [0.15, 0.2) is 85.2 Å². The molecule has 0 aromatic carbocycles. The third-order valence-electron chi connectivity index (χ3n) is 3.62. The Bertz CT molecular complexity index is 1070. The minimum Gasteiger partial charge on any atom is -0.412 e. The first kappa shape index (κ1) is 36.5. The van der Waals surface area contributed by atoms with E-state index >= 15 is 0 Å². The van der Waals surface area contributed by atoms with E-state index in [0.717, 1.165) is 34.2 Å². The molecule has 0 spiro atoms. The van der Waals surface area contributed by atoms with Crippen molar-refractivity contribution in [2.24, 2.45) is 0 Å². The summed E-state index contributed by atoms with van der Waals surface area (Å²) < 4.78 is 67.9. The molecule has 0 bridgehead atoms. The van der Waals surface area contributed by atoms with Crippen molar-refractivity contribution in [2.75, 3.05) is 0 Å². The normalized spacial score (nSPS) is 10.1. The summed E-state index contributed by atoms with van der Waals surface area (Å²) in [5.74, 6) is 0. The van der Waals surface area contributed by atoms with Gasteiger partial charge in [-0.2, -0.15) is 0 Å². The van der Waals surface area contributed by atoms with E-state index in [-0.39, 0.29) is 28.0 Å². The van der Waals surface area contributed by atoms with E-state index in [0.29, 0.717) is 0 Å². The van der Waals surface area contributed by atoms with E-state index in [1.807, 2.05) is 72.8 Å². The van der Waals surface area contributed by atoms with Gasteiger partial charge in [-0.1, -0.05) is 24.3 Å². The van der Waals surface area contributed by atoms with Crippen molar-refractivity contribution in [1.29, 1.82) is 0 Å². The average molecular weight is 600 g/mol. The molecule has 0 unspecified atom stereocenters. The number of halogens is 2. The van der Waals surface area contributed by atoms with Gasteiger partial charge in [-0.15, -0.1) is 20.5 Å². The van der Waals surface area contributed by atoms with Crippen LogP contribution in [-0.2, 0) is 17.1 Å². The van der Waals surface area contributed by atoms with Gasteiger partial charge < -0.3 is 11.0 Å². The molecular weight excluding hydrogens is 582 g/mol. The Morgan fingerprint density at radius 2 is 0.649 bits per heavy atom. The van der Waals surface area contributed by atoms with E-state index < -0.39 is 20.5 Å². The van der Waals surface area contributed by atoms with Crippen molar-refractivity contribution in [3.8, 4) is 34.2 Å². The molecule has 17 heteroatoms. The molecule has 0 amide bonds. The number of hydrogen-bond donors (Lipinski definition) is 0. The molecule has 14 nitrogen and oxygen atoms in total. The van der Waals surface area contributed by atoms with Gasteiger partial charge >= 0.3 is 17.1 Å². The first-order valence-electron chi connectivity index (χ1n) is 8.91. The standard InChI is InChI=1S/C20H14N4.2ClHO4.Mn.2H2O/c1-3-13-21-15(7-1)17-9-5-11-19(23-17)20-12-6-10-18(24-20)16-8-2-4-14-22-16;2*2-1(3,4)5;;;/h1-14H;2*(H,2,3,4,5);;2*1H2/q;;;+2;;/p-2. The molecule has 4 rings (SSSR count). The smallest absolute Gasteiger partial charge is 0.412 e. The Balaban J connectivity index is 0. The van der Waals surface area contributed by atoms with E-state index in [1.165, 1.54) is 0 Å². The van der Waals surface area contributed by atoms with Crippen LogP contribution in [0.3, 0.4) is 0 Å². The van der Waals surface area contributed by atoms with Crippen LogP contribution < -0.4 is 37.3 Å². The number of nitrogens with zero attached hydrogens (tertiary/aromatic N) is 4. The molecule has 0 aliphatic carbocycles. The summed E-state index contributed by atoms with van der Waals surface area (Å²) in [6.45, 7) is 0. The first-order chi connectivity index (χ1) is 15.9. The zero-order valence-corrected chi connectivity index (χ0v) is 21.0. The Morgan fingerprint density at radius 1 is 0.405 bits per heavy atom. The molecule has 4 aromatic rings. The van der Waals surface area contributed by atoms with Crippen LogP contribution in [0, 0.1) is 20.5 Å². The van der Waals surface area contributed by atoms with Gasteiger partial charge in [0.1, 0.15) is 0 Å². The second-order valence-electron chi connectivity index (χ2n) is 6.00. The number of hydrogen-bond acceptors (Lipinski definition) is 12. The van der Waals surface area contributed by atoms with Crippen LogP contribution in [0.5, 0.6) is 0 Å². The molecule has 0 atom stereocenters. The minimum atomic E-state index is -4.94. The fourth-order valence-electron chi connectivity index (χ4n) is 2.47. The number of pyridine rings is 4. The van der Waals surface area contributed by atoms with Crippen molar-refractivity contribution in [2.45, 2.75) is 0 Å². The van der Waals surface area contributed by atoms with Crippen LogP contribution >= 0.6 is 0 Å². The molecule has 4 aromatic heterocycles. The van der Waals surface area contributed by atoms with E-state index in [2.05, 4.69) is 9.97 Å². The number of rotatable bonds is 3. The molecule has 4 heterocycles. The molecule has 37 heavy (non-hydrogen) atoms. The summed E-state index contributed by atoms with van der Waals surface area (Å²) in [4.78, 5) is 18.1. The van der Waals surface area contributed by atoms with Gasteiger partial charge in [0, 0.05) is 12.4 Å². The third kappa shape index (κ3) is 15.9. The minimum absolute atomic E-state index is 0. The second-order valence-corrected chi connectivity index (χ2v) is 7.51. The van der Waals surface area contributed by atoms with Crippen molar-refractivity contribution >= 4 is 0 Å². The quantitative estimate of drug-likeness (QED) is 0.198. The Kier molecular flexibility index (Phi) is 16.7. The van der Waals surface area contributed by atoms with E-state index in [4.69, 9.17) is 47.2 Å². The topological polar surface area (TPSA) is 299 Å². The Hall–Kier alpha value is -2.70. The van der Waals surface area contributed by atoms with Gasteiger partial charge in [0.15, 0.2) is 0 Å². The van der Waals surface area contributed by atoms with Crippen LogP contribution in [-0.4, -0.2) is 30.9 Å². The van der Waals surface area contributed by atoms with Crippen molar-refractivity contribution in [3.63, 3.8) is 0 Å². The van der Waals surface area contributed by atoms with Crippen molar-refractivity contribution < 1.29 is 85.8 Å². The third-order valence-corrected chi connectivity index (χ3v) is 3.62. The summed E-state index contributed by atoms with van der Waals surface area (Å²) in [7, 11) is -9.89. The van der Waals surface area contributed by atoms with Gasteiger partial charge in [-0.05, 0) is 48.5 Å². The zero-order valence-electron chi connectivity index (χ0n) is 18.3. The predicted molar refractivity (Wildman–Crippen MR) is 101 cm³/mol. The number of aromatic nitrogens is 4. The van der Waals surface area contributed by atoms with Crippen molar-refractivity contribution in [1.82, 2.24) is 19.9 Å². The van der Waals surface area contributed by atoms with E-state index in [9.17, 15) is 0 Å². The van der Waals surface area contributed by atoms with E-state index in [1.54, 1.807) is 12.4 Å². The summed E-state index contributed by atoms with van der Waals surface area (Å²) in [6, 6.07) is 23.4. The van der Waals surface area contributed by atoms with Crippen LogP contribution in [0.1, 0.15) is 0 Å². The molecule has 199 valence electrons. The average Bonchev–Trinajstić information content (AvgIpc) is 2.78. The predicted octanol–water partition coefficient (Wildman–Crippen LogP) is -6.90. The molecule has 0 fully saturated rings. The summed E-state index contributed by atoms with van der Waals surface area (Å²) in [5.41, 5.74) is 4.99. The van der Waals surface area contributed by atoms with Crippen LogP contribution in [0.4, 0.5) is 0 Å². The molecule has 0 saturated carbocycles. The van der Waals surface area contributed by atoms with Gasteiger partial charge in [-0.25, -0.2) is 47.2 Å². The maximum absolute atomic E-state index is 8.49. The first-order valence-corrected chi connectivity index (χ1v) is 11.4. The molecule has 1 radical (unpaired) electrons. The zero-order chi connectivity index (χ0) is 25.2. The summed E-state index contributed by atoms with van der Waals surface area (Å²) in [5, 5.41) is 0. The van der Waals surface area contributed by atoms with Gasteiger partial charge in [0.25, 0.3) is 0 Å². The molecule has 0 aliphatic rings. The molecule has 4 N–H and O–H groups in total. The van der Waals surface area contributed by atoms with Crippen molar-refractivity contribution in [3.05, 3.63) is 85.2 Å². The maximum atomic E-state index is 8.49. The maximum Gasteiger partial charge on any atom is 2.00 e. The fraction of sp³-hybridized carbons (Fsp3) is 0. The molecule has 0 aliphatic heterocycles. The largest absolute Gasteiger partial charge is 2.00 e. The Labute approximate surface area is 224 Å². The monoisotopic (exact) mass is 599 g/mol. The van der Waals surface area contributed by atoms with Crippen LogP contribution in [0.25, 0.3) is 34.2 Å². The van der Waals surface area contributed by atoms with Gasteiger partial charge in [-0.3, -0.25) is 9.97 Å². The molecule has 0 saturated heterocycles. The van der Waals surface area contributed by atoms with Gasteiger partial charge in [0.2, 0.25) is 0 Å². The second kappa shape index (κ2) is 16.9. The van der Waals surface area contributed by atoms with Crippen LogP contribution in [0.2, 0.25) is 0 Å². The molecular formula is C20H18Cl2MnN4O10.